The molecule has 6 nitrogen and oxygen atoms in total. The van der Waals surface area contributed by atoms with Gasteiger partial charge in [0.25, 0.3) is 5.91 Å². The Hall–Kier alpha value is -2.90. The van der Waals surface area contributed by atoms with Gasteiger partial charge in [-0.05, 0) is 42.3 Å². The van der Waals surface area contributed by atoms with Gasteiger partial charge in [0.2, 0.25) is 0 Å². The Kier molecular flexibility index (Phi) is 6.62. The predicted octanol–water partition coefficient (Wildman–Crippen LogP) is 4.28. The maximum atomic E-state index is 12.2. The van der Waals surface area contributed by atoms with E-state index in [4.69, 9.17) is 22.1 Å². The largest absolute Gasteiger partial charge is 0.489 e. The first-order valence-electron chi connectivity index (χ1n) is 8.61. The number of nitrogens with two attached hydrogens (primary N) is 1. The SMILES string of the molecule is CCc1nc(N)sc1C(=O)NN=Cc1ccc(OCc2ccccc2Cl)cc1. The van der Waals surface area contributed by atoms with Crippen molar-refractivity contribution in [2.45, 2.75) is 20.0 Å². The zero-order valence-electron chi connectivity index (χ0n) is 15.2. The van der Waals surface area contributed by atoms with Crippen molar-refractivity contribution in [3.8, 4) is 5.75 Å². The van der Waals surface area contributed by atoms with E-state index in [1.54, 1.807) is 6.21 Å². The summed E-state index contributed by atoms with van der Waals surface area (Å²) < 4.78 is 5.74. The summed E-state index contributed by atoms with van der Waals surface area (Å²) in [6.07, 6.45) is 2.20. The summed E-state index contributed by atoms with van der Waals surface area (Å²) >= 11 is 7.28. The first-order valence-corrected chi connectivity index (χ1v) is 9.81. The zero-order chi connectivity index (χ0) is 19.9. The molecule has 0 atom stereocenters. The molecule has 3 aromatic rings. The zero-order valence-corrected chi connectivity index (χ0v) is 16.8. The Labute approximate surface area is 172 Å². The minimum absolute atomic E-state index is 0.318. The van der Waals surface area contributed by atoms with Crippen LogP contribution >= 0.6 is 22.9 Å². The summed E-state index contributed by atoms with van der Waals surface area (Å²) in [5, 5.41) is 5.04. The van der Waals surface area contributed by atoms with Gasteiger partial charge in [0.05, 0.1) is 11.9 Å². The molecule has 0 spiro atoms. The molecule has 0 bridgehead atoms. The van der Waals surface area contributed by atoms with E-state index in [0.29, 0.717) is 39.5 Å². The van der Waals surface area contributed by atoms with E-state index in [1.807, 2.05) is 55.5 Å². The number of amides is 1. The van der Waals surface area contributed by atoms with E-state index in [0.717, 1.165) is 22.5 Å². The molecule has 0 aliphatic carbocycles. The fourth-order valence-corrected chi connectivity index (χ4v) is 3.43. The number of hydrazone groups is 1. The van der Waals surface area contributed by atoms with E-state index in [-0.39, 0.29) is 5.91 Å². The van der Waals surface area contributed by atoms with Gasteiger partial charge in [-0.2, -0.15) is 5.10 Å². The van der Waals surface area contributed by atoms with Crippen molar-refractivity contribution < 1.29 is 9.53 Å². The number of halogens is 1. The highest BCUT2D eigenvalue weighted by Crippen LogP contribution is 2.21. The van der Waals surface area contributed by atoms with Gasteiger partial charge in [0.1, 0.15) is 17.2 Å². The van der Waals surface area contributed by atoms with Crippen molar-refractivity contribution in [3.63, 3.8) is 0 Å². The number of nitrogen functional groups attached to an aromatic ring is 1. The molecule has 0 fully saturated rings. The molecule has 28 heavy (non-hydrogen) atoms. The van der Waals surface area contributed by atoms with E-state index in [9.17, 15) is 4.79 Å². The summed E-state index contributed by atoms with van der Waals surface area (Å²) in [5.41, 5.74) is 10.6. The quantitative estimate of drug-likeness (QED) is 0.446. The standard InChI is InChI=1S/C20H19ClN4O2S/c1-2-17-18(28-20(22)24-17)19(26)25-23-11-13-7-9-15(10-8-13)27-12-14-5-3-4-6-16(14)21/h3-11H,2,12H2,1H3,(H2,22,24)(H,25,26). The van der Waals surface area contributed by atoms with Crippen LogP contribution in [0, 0.1) is 0 Å². The van der Waals surface area contributed by atoms with Crippen LogP contribution in [0.15, 0.2) is 53.6 Å². The Morgan fingerprint density at radius 3 is 2.75 bits per heavy atom. The molecule has 8 heteroatoms. The monoisotopic (exact) mass is 414 g/mol. The normalized spacial score (nSPS) is 10.9. The lowest BCUT2D eigenvalue weighted by Gasteiger charge is -2.07. The molecule has 1 amide bonds. The smallest absolute Gasteiger partial charge is 0.283 e. The number of hydrogen-bond acceptors (Lipinski definition) is 6. The average molecular weight is 415 g/mol. The number of ether oxygens (including phenoxy) is 1. The van der Waals surface area contributed by atoms with E-state index in [2.05, 4.69) is 15.5 Å². The fraction of sp³-hybridized carbons (Fsp3) is 0.150. The van der Waals surface area contributed by atoms with Crippen LogP contribution in [0.2, 0.25) is 5.02 Å². The molecule has 0 saturated heterocycles. The van der Waals surface area contributed by atoms with Crippen molar-refractivity contribution >= 4 is 40.2 Å². The molecule has 0 radical (unpaired) electrons. The maximum absolute atomic E-state index is 12.2. The van der Waals surface area contributed by atoms with Gasteiger partial charge < -0.3 is 10.5 Å². The highest BCUT2D eigenvalue weighted by Gasteiger charge is 2.15. The van der Waals surface area contributed by atoms with Gasteiger partial charge in [-0.15, -0.1) is 0 Å². The lowest BCUT2D eigenvalue weighted by atomic mass is 10.2. The van der Waals surface area contributed by atoms with Gasteiger partial charge in [-0.25, -0.2) is 10.4 Å². The first-order chi connectivity index (χ1) is 13.6. The number of nitrogens with zero attached hydrogens (tertiary/aromatic N) is 2. The lowest BCUT2D eigenvalue weighted by molar-refractivity contribution is 0.0958. The average Bonchev–Trinajstić information content (AvgIpc) is 3.09. The Morgan fingerprint density at radius 2 is 2.04 bits per heavy atom. The van der Waals surface area contributed by atoms with E-state index < -0.39 is 0 Å². The highest BCUT2D eigenvalue weighted by molar-refractivity contribution is 7.17. The van der Waals surface area contributed by atoms with Gasteiger partial charge >= 0.3 is 0 Å². The lowest BCUT2D eigenvalue weighted by Crippen LogP contribution is -2.17. The number of anilines is 1. The third-order valence-corrected chi connectivity index (χ3v) is 5.16. The van der Waals surface area contributed by atoms with Crippen molar-refractivity contribution in [2.75, 3.05) is 5.73 Å². The minimum Gasteiger partial charge on any atom is -0.489 e. The molecule has 1 heterocycles. The van der Waals surface area contributed by atoms with Crippen LogP contribution in [0.5, 0.6) is 5.75 Å². The Balaban J connectivity index is 1.55. The third kappa shape index (κ3) is 5.09. The number of benzene rings is 2. The maximum Gasteiger partial charge on any atom is 0.283 e. The molecular formula is C20H19ClN4O2S. The first kappa shape index (κ1) is 19.9. The summed E-state index contributed by atoms with van der Waals surface area (Å²) in [7, 11) is 0. The van der Waals surface area contributed by atoms with Crippen LogP contribution in [0.3, 0.4) is 0 Å². The van der Waals surface area contributed by atoms with Crippen molar-refractivity contribution in [2.24, 2.45) is 5.10 Å². The number of carbonyl (C=O) groups excluding carboxylic acids is 1. The highest BCUT2D eigenvalue weighted by atomic mass is 35.5. The molecule has 144 valence electrons. The minimum atomic E-state index is -0.318. The number of thiazole rings is 1. The topological polar surface area (TPSA) is 89.6 Å². The molecule has 2 aromatic carbocycles. The summed E-state index contributed by atoms with van der Waals surface area (Å²) in [6, 6.07) is 14.9. The molecule has 1 aromatic heterocycles. The van der Waals surface area contributed by atoms with Crippen molar-refractivity contribution in [3.05, 3.63) is 75.3 Å². The summed E-state index contributed by atoms with van der Waals surface area (Å²) in [4.78, 5) is 16.8. The van der Waals surface area contributed by atoms with Crippen LogP contribution in [0.25, 0.3) is 0 Å². The Morgan fingerprint density at radius 1 is 1.29 bits per heavy atom. The van der Waals surface area contributed by atoms with Gasteiger partial charge in [0, 0.05) is 10.6 Å². The summed E-state index contributed by atoms with van der Waals surface area (Å²) in [6.45, 7) is 2.31. The number of rotatable bonds is 7. The molecule has 3 rings (SSSR count). The van der Waals surface area contributed by atoms with Crippen LogP contribution < -0.4 is 15.9 Å². The number of aryl methyl sites for hydroxylation is 1. The van der Waals surface area contributed by atoms with Gasteiger partial charge in [0.15, 0.2) is 5.13 Å². The van der Waals surface area contributed by atoms with Crippen LogP contribution in [-0.4, -0.2) is 17.1 Å². The number of nitrogens with one attached hydrogen (secondary N) is 1. The summed E-state index contributed by atoms with van der Waals surface area (Å²) in [5.74, 6) is 0.399. The fourth-order valence-electron chi connectivity index (χ4n) is 2.43. The van der Waals surface area contributed by atoms with Crippen LogP contribution in [-0.2, 0) is 13.0 Å². The molecule has 0 aliphatic rings. The van der Waals surface area contributed by atoms with E-state index >= 15 is 0 Å². The second-order valence-corrected chi connectivity index (χ2v) is 7.27. The molecule has 0 saturated carbocycles. The number of hydrogen-bond donors (Lipinski definition) is 2. The molecule has 0 aliphatic heterocycles. The van der Waals surface area contributed by atoms with Crippen molar-refractivity contribution in [1.82, 2.24) is 10.4 Å². The van der Waals surface area contributed by atoms with Crippen LogP contribution in [0.4, 0.5) is 5.13 Å². The number of carbonyl (C=O) groups is 1. The molecular weight excluding hydrogens is 396 g/mol. The third-order valence-electron chi connectivity index (χ3n) is 3.87. The second-order valence-electron chi connectivity index (χ2n) is 5.83. The van der Waals surface area contributed by atoms with Crippen molar-refractivity contribution in [1.29, 1.82) is 0 Å². The second kappa shape index (κ2) is 9.34. The molecule has 0 unspecified atom stereocenters. The van der Waals surface area contributed by atoms with Gasteiger partial charge in [-0.1, -0.05) is 48.1 Å². The number of aromatic nitrogens is 1. The van der Waals surface area contributed by atoms with Crippen LogP contribution in [0.1, 0.15) is 33.4 Å². The Bertz CT molecular complexity index is 986. The van der Waals surface area contributed by atoms with E-state index in [1.165, 1.54) is 0 Å². The van der Waals surface area contributed by atoms with Gasteiger partial charge in [-0.3, -0.25) is 4.79 Å². The molecule has 3 N–H and O–H groups in total. The predicted molar refractivity (Wildman–Crippen MR) is 113 cm³/mol.